The van der Waals surface area contributed by atoms with Crippen molar-refractivity contribution in [1.29, 1.82) is 0 Å². The first-order valence-corrected chi connectivity index (χ1v) is 13.4. The second kappa shape index (κ2) is 10.7. The normalized spacial score (nSPS) is 14.1. The summed E-state index contributed by atoms with van der Waals surface area (Å²) in [6.45, 7) is 7.01. The third-order valence-corrected chi connectivity index (χ3v) is 7.15. The van der Waals surface area contributed by atoms with Gasteiger partial charge >= 0.3 is 6.09 Å². The van der Waals surface area contributed by atoms with E-state index in [9.17, 15) is 14.0 Å². The van der Waals surface area contributed by atoms with Crippen LogP contribution in [0.2, 0.25) is 5.02 Å². The standard InChI is InChI=1S/C31H31ClFN3O3/c1-31(2,3)39-30(38)35-17-15-34(16-18-35)29(37)28-24-11-7-8-12-26(24)36(23-9-5-4-6-10-23)27(28)20-21-19-22(33)13-14-25(21)32/h4-14,19H,15-18,20H2,1-3H3. The van der Waals surface area contributed by atoms with Crippen LogP contribution in [0.25, 0.3) is 16.6 Å². The minimum Gasteiger partial charge on any atom is -0.444 e. The van der Waals surface area contributed by atoms with Crippen LogP contribution in [0, 0.1) is 5.82 Å². The van der Waals surface area contributed by atoms with Gasteiger partial charge in [0.2, 0.25) is 0 Å². The number of para-hydroxylation sites is 2. The van der Waals surface area contributed by atoms with E-state index < -0.39 is 5.60 Å². The van der Waals surface area contributed by atoms with Gasteiger partial charge in [0.15, 0.2) is 0 Å². The Balaban J connectivity index is 1.56. The zero-order valence-corrected chi connectivity index (χ0v) is 23.0. The number of nitrogens with zero attached hydrogens (tertiary/aromatic N) is 3. The summed E-state index contributed by atoms with van der Waals surface area (Å²) < 4.78 is 21.8. The van der Waals surface area contributed by atoms with Crippen molar-refractivity contribution < 1.29 is 18.7 Å². The van der Waals surface area contributed by atoms with Crippen molar-refractivity contribution in [2.24, 2.45) is 0 Å². The summed E-state index contributed by atoms with van der Waals surface area (Å²) in [5.74, 6) is -0.518. The fourth-order valence-corrected chi connectivity index (χ4v) is 5.19. The first-order chi connectivity index (χ1) is 18.6. The Morgan fingerprint density at radius 2 is 1.54 bits per heavy atom. The molecule has 39 heavy (non-hydrogen) atoms. The summed E-state index contributed by atoms with van der Waals surface area (Å²) in [5, 5.41) is 1.24. The summed E-state index contributed by atoms with van der Waals surface area (Å²) in [5.41, 5.74) is 3.07. The van der Waals surface area contributed by atoms with Gasteiger partial charge in [-0.2, -0.15) is 0 Å². The fourth-order valence-electron chi connectivity index (χ4n) is 5.01. The van der Waals surface area contributed by atoms with Crippen LogP contribution in [-0.4, -0.2) is 58.1 Å². The van der Waals surface area contributed by atoms with Crippen molar-refractivity contribution >= 4 is 34.5 Å². The van der Waals surface area contributed by atoms with Gasteiger partial charge in [-0.15, -0.1) is 0 Å². The van der Waals surface area contributed by atoms with E-state index in [1.165, 1.54) is 12.1 Å². The summed E-state index contributed by atoms with van der Waals surface area (Å²) in [4.78, 5) is 30.2. The molecule has 1 aromatic heterocycles. The van der Waals surface area contributed by atoms with E-state index in [0.717, 1.165) is 22.3 Å². The van der Waals surface area contributed by atoms with E-state index in [1.54, 1.807) is 15.9 Å². The summed E-state index contributed by atoms with van der Waals surface area (Å²) in [6.07, 6.45) is -0.115. The Morgan fingerprint density at radius 3 is 2.23 bits per heavy atom. The molecule has 1 saturated heterocycles. The van der Waals surface area contributed by atoms with E-state index >= 15 is 0 Å². The lowest BCUT2D eigenvalue weighted by Crippen LogP contribution is -2.51. The summed E-state index contributed by atoms with van der Waals surface area (Å²) >= 11 is 6.49. The number of hydrogen-bond acceptors (Lipinski definition) is 3. The molecule has 0 saturated carbocycles. The number of fused-ring (bicyclic) bond motifs is 1. The highest BCUT2D eigenvalue weighted by molar-refractivity contribution is 6.31. The zero-order chi connectivity index (χ0) is 27.7. The molecule has 0 spiro atoms. The number of piperazine rings is 1. The van der Waals surface area contributed by atoms with Crippen LogP contribution in [0.3, 0.4) is 0 Å². The van der Waals surface area contributed by atoms with Gasteiger partial charge in [-0.05, 0) is 62.7 Å². The van der Waals surface area contributed by atoms with Gasteiger partial charge in [-0.25, -0.2) is 9.18 Å². The number of halogens is 2. The van der Waals surface area contributed by atoms with Gasteiger partial charge in [0.05, 0.1) is 11.1 Å². The number of hydrogen-bond donors (Lipinski definition) is 0. The minimum atomic E-state index is -0.587. The number of carbonyl (C=O) groups is 2. The maximum atomic E-state index is 14.2. The first-order valence-electron chi connectivity index (χ1n) is 13.0. The molecular formula is C31H31ClFN3O3. The van der Waals surface area contributed by atoms with Gasteiger partial charge in [0, 0.05) is 54.4 Å². The first kappa shape index (κ1) is 26.8. The van der Waals surface area contributed by atoms with Gasteiger partial charge in [0.25, 0.3) is 5.91 Å². The SMILES string of the molecule is CC(C)(C)OC(=O)N1CCN(C(=O)c2c(Cc3cc(F)ccc3Cl)n(-c3ccccc3)c3ccccc23)CC1. The maximum Gasteiger partial charge on any atom is 0.410 e. The Bertz CT molecular complexity index is 1520. The molecule has 2 heterocycles. The highest BCUT2D eigenvalue weighted by Gasteiger charge is 2.31. The average molecular weight is 548 g/mol. The predicted molar refractivity (Wildman–Crippen MR) is 151 cm³/mol. The smallest absolute Gasteiger partial charge is 0.410 e. The van der Waals surface area contributed by atoms with Crippen LogP contribution in [0.4, 0.5) is 9.18 Å². The Hall–Kier alpha value is -3.84. The monoisotopic (exact) mass is 547 g/mol. The average Bonchev–Trinajstić information content (AvgIpc) is 3.23. The molecule has 0 atom stereocenters. The van der Waals surface area contributed by atoms with Crippen LogP contribution in [0.1, 0.15) is 42.4 Å². The molecule has 0 aliphatic carbocycles. The fraction of sp³-hybridized carbons (Fsp3) is 0.290. The number of ether oxygens (including phenoxy) is 1. The third-order valence-electron chi connectivity index (χ3n) is 6.79. The van der Waals surface area contributed by atoms with Gasteiger partial charge < -0.3 is 19.1 Å². The lowest BCUT2D eigenvalue weighted by Gasteiger charge is -2.35. The molecule has 5 rings (SSSR count). The summed E-state index contributed by atoms with van der Waals surface area (Å²) in [6, 6.07) is 21.9. The van der Waals surface area contributed by atoms with Crippen molar-refractivity contribution in [3.8, 4) is 5.69 Å². The lowest BCUT2D eigenvalue weighted by molar-refractivity contribution is 0.0141. The number of benzene rings is 3. The lowest BCUT2D eigenvalue weighted by atomic mass is 10.0. The highest BCUT2D eigenvalue weighted by atomic mass is 35.5. The molecule has 2 amide bonds. The van der Waals surface area contributed by atoms with Gasteiger partial charge in [0.1, 0.15) is 11.4 Å². The van der Waals surface area contributed by atoms with E-state index in [-0.39, 0.29) is 24.2 Å². The maximum absolute atomic E-state index is 14.2. The number of aromatic nitrogens is 1. The molecule has 0 radical (unpaired) electrons. The van der Waals surface area contributed by atoms with E-state index in [2.05, 4.69) is 4.57 Å². The van der Waals surface area contributed by atoms with Crippen LogP contribution in [0.15, 0.2) is 72.8 Å². The predicted octanol–water partition coefficient (Wildman–Crippen LogP) is 6.71. The molecule has 3 aromatic carbocycles. The molecule has 1 aliphatic heterocycles. The molecule has 1 fully saturated rings. The number of carbonyl (C=O) groups excluding carboxylic acids is 2. The van der Waals surface area contributed by atoms with Crippen LogP contribution >= 0.6 is 11.6 Å². The molecule has 0 N–H and O–H groups in total. The van der Waals surface area contributed by atoms with Crippen molar-refractivity contribution in [3.05, 3.63) is 100 Å². The van der Waals surface area contributed by atoms with Crippen LogP contribution in [-0.2, 0) is 11.2 Å². The van der Waals surface area contributed by atoms with E-state index in [4.69, 9.17) is 16.3 Å². The molecule has 4 aromatic rings. The van der Waals surface area contributed by atoms with Crippen LogP contribution in [0.5, 0.6) is 0 Å². The second-order valence-corrected chi connectivity index (χ2v) is 11.1. The van der Waals surface area contributed by atoms with Crippen molar-refractivity contribution in [1.82, 2.24) is 14.4 Å². The van der Waals surface area contributed by atoms with E-state index in [0.29, 0.717) is 42.3 Å². The molecule has 0 unspecified atom stereocenters. The quantitative estimate of drug-likeness (QED) is 0.285. The Morgan fingerprint density at radius 1 is 0.897 bits per heavy atom. The molecule has 8 heteroatoms. The molecular weight excluding hydrogens is 517 g/mol. The van der Waals surface area contributed by atoms with Crippen molar-refractivity contribution in [2.45, 2.75) is 32.8 Å². The number of rotatable bonds is 4. The third kappa shape index (κ3) is 5.64. The summed E-state index contributed by atoms with van der Waals surface area (Å²) in [7, 11) is 0. The minimum absolute atomic E-state index is 0.132. The van der Waals surface area contributed by atoms with Crippen LogP contribution < -0.4 is 0 Å². The molecule has 0 bridgehead atoms. The Kier molecular flexibility index (Phi) is 7.36. The largest absolute Gasteiger partial charge is 0.444 e. The number of amides is 2. The zero-order valence-electron chi connectivity index (χ0n) is 22.3. The van der Waals surface area contributed by atoms with Crippen molar-refractivity contribution in [3.63, 3.8) is 0 Å². The second-order valence-electron chi connectivity index (χ2n) is 10.7. The van der Waals surface area contributed by atoms with Crippen molar-refractivity contribution in [2.75, 3.05) is 26.2 Å². The molecule has 202 valence electrons. The van der Waals surface area contributed by atoms with E-state index in [1.807, 2.05) is 75.4 Å². The highest BCUT2D eigenvalue weighted by Crippen LogP contribution is 2.34. The van der Waals surface area contributed by atoms with Gasteiger partial charge in [-0.3, -0.25) is 4.79 Å². The Labute approximate surface area is 232 Å². The molecule has 1 aliphatic rings. The topological polar surface area (TPSA) is 54.8 Å². The molecule has 6 nitrogen and oxygen atoms in total. The van der Waals surface area contributed by atoms with Gasteiger partial charge in [-0.1, -0.05) is 48.0 Å².